The average molecular weight is 372 g/mol. The number of halogens is 1. The number of hydrogen-bond acceptors (Lipinski definition) is 4. The lowest BCUT2D eigenvalue weighted by atomic mass is 10.1. The van der Waals surface area contributed by atoms with Crippen LogP contribution in [0.4, 0.5) is 0 Å². The van der Waals surface area contributed by atoms with Crippen LogP contribution in [0.25, 0.3) is 0 Å². The Morgan fingerprint density at radius 3 is 2.92 bits per heavy atom. The van der Waals surface area contributed by atoms with Gasteiger partial charge in [-0.2, -0.15) is 5.10 Å². The predicted octanol–water partition coefficient (Wildman–Crippen LogP) is 0.539. The van der Waals surface area contributed by atoms with E-state index in [1.165, 1.54) is 0 Å². The number of nitrogens with one attached hydrogen (secondary N) is 3. The number of phenols is 1. The van der Waals surface area contributed by atoms with E-state index in [9.17, 15) is 5.11 Å². The Labute approximate surface area is 152 Å². The van der Waals surface area contributed by atoms with Crippen molar-refractivity contribution in [3.63, 3.8) is 0 Å². The van der Waals surface area contributed by atoms with Crippen molar-refractivity contribution >= 4 is 34.6 Å². The van der Waals surface area contributed by atoms with Gasteiger partial charge in [-0.1, -0.05) is 11.6 Å². The molecule has 0 aromatic heterocycles. The van der Waals surface area contributed by atoms with Gasteiger partial charge in [0.25, 0.3) is 0 Å². The van der Waals surface area contributed by atoms with E-state index >= 15 is 0 Å². The van der Waals surface area contributed by atoms with Crippen LogP contribution in [0.2, 0.25) is 5.02 Å². The zero-order chi connectivity index (χ0) is 17.4. The molecule has 132 valence electrons. The highest BCUT2D eigenvalue weighted by Crippen LogP contribution is 2.21. The van der Waals surface area contributed by atoms with Gasteiger partial charge >= 0.3 is 0 Å². The minimum absolute atomic E-state index is 0.134. The predicted molar refractivity (Wildman–Crippen MR) is 100 cm³/mol. The number of ether oxygens (including phenoxy) is 1. The monoisotopic (exact) mass is 371 g/mol. The number of aromatic hydroxyl groups is 1. The smallest absolute Gasteiger partial charge is 0.186 e. The molecule has 2 rings (SSSR count). The second kappa shape index (κ2) is 9.78. The number of quaternary nitrogens is 1. The molecule has 6 nitrogen and oxygen atoms in total. The largest absolute Gasteiger partial charge is 0.507 e. The van der Waals surface area contributed by atoms with Crippen LogP contribution in [0.3, 0.4) is 0 Å². The maximum Gasteiger partial charge on any atom is 0.186 e. The Balaban J connectivity index is 1.70. The summed E-state index contributed by atoms with van der Waals surface area (Å²) in [4.78, 5) is 1.58. The van der Waals surface area contributed by atoms with Gasteiger partial charge in [-0.25, -0.2) is 0 Å². The van der Waals surface area contributed by atoms with E-state index in [0.717, 1.165) is 45.8 Å². The van der Waals surface area contributed by atoms with Crippen molar-refractivity contribution in [2.45, 2.75) is 13.3 Å². The first-order valence-corrected chi connectivity index (χ1v) is 8.83. The molecule has 0 amide bonds. The summed E-state index contributed by atoms with van der Waals surface area (Å²) in [5.41, 5.74) is 3.98. The minimum atomic E-state index is 0.134. The summed E-state index contributed by atoms with van der Waals surface area (Å²) in [6.45, 7) is 7.55. The van der Waals surface area contributed by atoms with Crippen LogP contribution in [0.5, 0.6) is 5.75 Å². The molecule has 1 saturated heterocycles. The van der Waals surface area contributed by atoms with Gasteiger partial charge in [0, 0.05) is 23.6 Å². The number of hydrazone groups is 1. The zero-order valence-electron chi connectivity index (χ0n) is 13.8. The molecular formula is C16H24ClN4O2S+. The van der Waals surface area contributed by atoms with Gasteiger partial charge in [-0.3, -0.25) is 5.43 Å². The molecule has 1 fully saturated rings. The quantitative estimate of drug-likeness (QED) is 0.254. The number of rotatable bonds is 6. The number of thiocarbonyl (C=S) groups is 1. The van der Waals surface area contributed by atoms with Crippen LogP contribution in [-0.2, 0) is 4.74 Å². The third kappa shape index (κ3) is 6.24. The normalized spacial score (nSPS) is 16.0. The van der Waals surface area contributed by atoms with Crippen molar-refractivity contribution in [2.75, 3.05) is 39.4 Å². The van der Waals surface area contributed by atoms with E-state index in [2.05, 4.69) is 15.8 Å². The molecular weight excluding hydrogens is 348 g/mol. The van der Waals surface area contributed by atoms with E-state index in [1.807, 2.05) is 0 Å². The third-order valence-corrected chi connectivity index (χ3v) is 4.34. The first-order chi connectivity index (χ1) is 11.6. The maximum absolute atomic E-state index is 9.84. The molecule has 0 spiro atoms. The molecule has 1 aliphatic heterocycles. The number of morpholine rings is 1. The summed E-state index contributed by atoms with van der Waals surface area (Å²) in [5.74, 6) is 0.134. The third-order valence-electron chi connectivity index (χ3n) is 3.87. The standard InChI is InChI=1S/C16H23ClN4O2S/c1-12(14-11-13(17)3-4-15(14)22)19-20-16(24)18-5-2-6-21-7-9-23-10-8-21/h3-4,11,22H,2,5-10H2,1H3,(H2,18,20,24)/p+1/b19-12+. The van der Waals surface area contributed by atoms with Crippen molar-refractivity contribution in [1.82, 2.24) is 10.7 Å². The van der Waals surface area contributed by atoms with Crippen LogP contribution in [0.15, 0.2) is 23.3 Å². The number of hydrogen-bond donors (Lipinski definition) is 4. The zero-order valence-corrected chi connectivity index (χ0v) is 15.3. The highest BCUT2D eigenvalue weighted by Gasteiger charge is 2.12. The summed E-state index contributed by atoms with van der Waals surface area (Å²) in [7, 11) is 0. The summed E-state index contributed by atoms with van der Waals surface area (Å²) >= 11 is 11.1. The lowest BCUT2D eigenvalue weighted by Gasteiger charge is -2.23. The number of phenolic OH excluding ortho intramolecular Hbond substituents is 1. The molecule has 1 heterocycles. The van der Waals surface area contributed by atoms with Crippen LogP contribution in [0, 0.1) is 0 Å². The SMILES string of the molecule is C/C(=N\NC(=S)NCCC[NH+]1CCOCC1)c1cc(Cl)ccc1O. The Kier molecular flexibility index (Phi) is 7.71. The maximum atomic E-state index is 9.84. The summed E-state index contributed by atoms with van der Waals surface area (Å²) in [6.07, 6.45) is 1.04. The summed E-state index contributed by atoms with van der Waals surface area (Å²) in [6, 6.07) is 4.84. The van der Waals surface area contributed by atoms with E-state index in [4.69, 9.17) is 28.6 Å². The molecule has 1 aromatic rings. The Morgan fingerprint density at radius 2 is 2.17 bits per heavy atom. The summed E-state index contributed by atoms with van der Waals surface area (Å²) in [5, 5.41) is 18.2. The van der Waals surface area contributed by atoms with E-state index in [0.29, 0.717) is 21.4 Å². The van der Waals surface area contributed by atoms with Gasteiger partial charge in [-0.15, -0.1) is 0 Å². The summed E-state index contributed by atoms with van der Waals surface area (Å²) < 4.78 is 5.34. The molecule has 1 aromatic carbocycles. The molecule has 4 N–H and O–H groups in total. The topological polar surface area (TPSA) is 70.3 Å². The second-order valence-corrected chi connectivity index (χ2v) is 6.54. The van der Waals surface area contributed by atoms with Crippen molar-refractivity contribution in [1.29, 1.82) is 0 Å². The van der Waals surface area contributed by atoms with Gasteiger partial charge < -0.3 is 20.1 Å². The number of benzene rings is 1. The molecule has 24 heavy (non-hydrogen) atoms. The molecule has 8 heteroatoms. The van der Waals surface area contributed by atoms with Crippen molar-refractivity contribution in [3.8, 4) is 5.75 Å². The minimum Gasteiger partial charge on any atom is -0.507 e. The van der Waals surface area contributed by atoms with E-state index in [-0.39, 0.29) is 5.75 Å². The van der Waals surface area contributed by atoms with E-state index < -0.39 is 0 Å². The average Bonchev–Trinajstić information content (AvgIpc) is 2.59. The Hall–Kier alpha value is -1.41. The van der Waals surface area contributed by atoms with Gasteiger partial charge in [0.05, 0.1) is 25.5 Å². The Bertz CT molecular complexity index is 591. The van der Waals surface area contributed by atoms with Gasteiger partial charge in [-0.05, 0) is 37.3 Å². The first kappa shape index (κ1) is 18.9. The lowest BCUT2D eigenvalue weighted by Crippen LogP contribution is -3.14. The molecule has 0 radical (unpaired) electrons. The van der Waals surface area contributed by atoms with Crippen LogP contribution in [-0.4, -0.2) is 55.3 Å². The lowest BCUT2D eigenvalue weighted by molar-refractivity contribution is -0.908. The van der Waals surface area contributed by atoms with Gasteiger partial charge in [0.2, 0.25) is 0 Å². The van der Waals surface area contributed by atoms with E-state index in [1.54, 1.807) is 30.0 Å². The van der Waals surface area contributed by atoms with Crippen LogP contribution in [0.1, 0.15) is 18.9 Å². The first-order valence-electron chi connectivity index (χ1n) is 8.04. The molecule has 0 saturated carbocycles. The Morgan fingerprint density at radius 1 is 1.42 bits per heavy atom. The molecule has 0 bridgehead atoms. The van der Waals surface area contributed by atoms with Crippen molar-refractivity contribution in [3.05, 3.63) is 28.8 Å². The van der Waals surface area contributed by atoms with Crippen LogP contribution < -0.4 is 15.6 Å². The molecule has 0 atom stereocenters. The molecule has 1 aliphatic rings. The molecule has 0 aliphatic carbocycles. The molecule has 0 unspecified atom stereocenters. The highest BCUT2D eigenvalue weighted by atomic mass is 35.5. The fourth-order valence-corrected chi connectivity index (χ4v) is 2.80. The fourth-order valence-electron chi connectivity index (χ4n) is 2.48. The van der Waals surface area contributed by atoms with Crippen molar-refractivity contribution in [2.24, 2.45) is 5.10 Å². The van der Waals surface area contributed by atoms with Crippen LogP contribution >= 0.6 is 23.8 Å². The second-order valence-electron chi connectivity index (χ2n) is 5.69. The highest BCUT2D eigenvalue weighted by molar-refractivity contribution is 7.80. The van der Waals surface area contributed by atoms with Gasteiger partial charge in [0.15, 0.2) is 5.11 Å². The van der Waals surface area contributed by atoms with Crippen molar-refractivity contribution < 1.29 is 14.7 Å². The fraction of sp³-hybridized carbons (Fsp3) is 0.500. The van der Waals surface area contributed by atoms with Gasteiger partial charge in [0.1, 0.15) is 18.8 Å². The number of nitrogens with zero attached hydrogens (tertiary/aromatic N) is 1.